The molecule has 2 aromatic rings. The van der Waals surface area contributed by atoms with Gasteiger partial charge in [0.2, 0.25) is 0 Å². The van der Waals surface area contributed by atoms with Crippen LogP contribution in [0.1, 0.15) is 17.3 Å². The number of ether oxygens (including phenoxy) is 2. The Bertz CT molecular complexity index is 728. The zero-order valence-corrected chi connectivity index (χ0v) is 12.3. The maximum atomic E-state index is 11.8. The molecule has 0 aliphatic carbocycles. The fraction of sp³-hybridized carbons (Fsp3) is 0.125. The summed E-state index contributed by atoms with van der Waals surface area (Å²) < 4.78 is 10.4. The maximum Gasteiger partial charge on any atom is 0.417 e. The molecule has 0 bridgehead atoms. The van der Waals surface area contributed by atoms with Crippen LogP contribution in [0, 0.1) is 0 Å². The third-order valence-corrected chi connectivity index (χ3v) is 2.80. The van der Waals surface area contributed by atoms with Crippen LogP contribution in [-0.2, 0) is 0 Å². The first-order valence-corrected chi connectivity index (χ1v) is 6.77. The van der Waals surface area contributed by atoms with Gasteiger partial charge in [-0.1, -0.05) is 6.07 Å². The minimum absolute atomic E-state index is 0.186. The number of carboxylic acids is 1. The Kier molecular flexibility index (Phi) is 5.03. The lowest BCUT2D eigenvalue weighted by molar-refractivity contribution is 0.0693. The second kappa shape index (κ2) is 7.17. The van der Waals surface area contributed by atoms with Gasteiger partial charge in [-0.2, -0.15) is 0 Å². The first-order valence-electron chi connectivity index (χ1n) is 6.77. The van der Waals surface area contributed by atoms with Gasteiger partial charge in [0.1, 0.15) is 22.8 Å². The van der Waals surface area contributed by atoms with Gasteiger partial charge < -0.3 is 19.7 Å². The van der Waals surface area contributed by atoms with Gasteiger partial charge in [-0.25, -0.2) is 9.59 Å². The number of carbonyl (C=O) groups is 2. The SMILES string of the molecule is CCOc1cccc(OC(=O)Nc2ccc(O)c(C(=O)O)c2)c1. The number of aromatic hydroxyl groups is 1. The number of nitrogens with one attached hydrogen (secondary N) is 1. The first kappa shape index (κ1) is 16.2. The number of rotatable bonds is 5. The summed E-state index contributed by atoms with van der Waals surface area (Å²) in [6.45, 7) is 2.33. The molecule has 23 heavy (non-hydrogen) atoms. The molecular weight excluding hydrogens is 302 g/mol. The second-order valence-corrected chi connectivity index (χ2v) is 4.46. The standard InChI is InChI=1S/C16H15NO6/c1-2-22-11-4-3-5-12(9-11)23-16(21)17-10-6-7-14(18)13(8-10)15(19)20/h3-9,18H,2H2,1H3,(H,17,21)(H,19,20). The van der Waals surface area contributed by atoms with Crippen LogP contribution in [0.3, 0.4) is 0 Å². The summed E-state index contributed by atoms with van der Waals surface area (Å²) >= 11 is 0. The topological polar surface area (TPSA) is 105 Å². The van der Waals surface area contributed by atoms with Gasteiger partial charge in [0.15, 0.2) is 0 Å². The lowest BCUT2D eigenvalue weighted by Crippen LogP contribution is -2.17. The van der Waals surface area contributed by atoms with Gasteiger partial charge in [-0.3, -0.25) is 5.32 Å². The molecule has 0 spiro atoms. The van der Waals surface area contributed by atoms with E-state index in [1.165, 1.54) is 12.1 Å². The number of anilines is 1. The summed E-state index contributed by atoms with van der Waals surface area (Å²) in [5.74, 6) is -0.842. The van der Waals surface area contributed by atoms with Gasteiger partial charge in [-0.15, -0.1) is 0 Å². The van der Waals surface area contributed by atoms with Crippen molar-refractivity contribution in [3.8, 4) is 17.2 Å². The van der Waals surface area contributed by atoms with Gasteiger partial charge in [0.25, 0.3) is 0 Å². The van der Waals surface area contributed by atoms with Crippen molar-refractivity contribution in [2.24, 2.45) is 0 Å². The van der Waals surface area contributed by atoms with Crippen molar-refractivity contribution >= 4 is 17.7 Å². The molecule has 0 unspecified atom stereocenters. The van der Waals surface area contributed by atoms with E-state index in [2.05, 4.69) is 5.32 Å². The molecule has 1 amide bonds. The van der Waals surface area contributed by atoms with E-state index in [0.29, 0.717) is 12.4 Å². The van der Waals surface area contributed by atoms with Gasteiger partial charge >= 0.3 is 12.1 Å². The third kappa shape index (κ3) is 4.37. The molecule has 7 heteroatoms. The van der Waals surface area contributed by atoms with E-state index >= 15 is 0 Å². The third-order valence-electron chi connectivity index (χ3n) is 2.80. The number of hydrogen-bond acceptors (Lipinski definition) is 5. The lowest BCUT2D eigenvalue weighted by atomic mass is 10.2. The highest BCUT2D eigenvalue weighted by molar-refractivity contribution is 5.94. The Hall–Kier alpha value is -3.22. The van der Waals surface area contributed by atoms with Crippen LogP contribution in [0.5, 0.6) is 17.2 Å². The molecule has 0 aliphatic rings. The van der Waals surface area contributed by atoms with Crippen LogP contribution in [0.2, 0.25) is 0 Å². The lowest BCUT2D eigenvalue weighted by Gasteiger charge is -2.09. The van der Waals surface area contributed by atoms with Crippen molar-refractivity contribution in [1.29, 1.82) is 0 Å². The number of amides is 1. The summed E-state index contributed by atoms with van der Waals surface area (Å²) in [7, 11) is 0. The Morgan fingerprint density at radius 3 is 2.57 bits per heavy atom. The summed E-state index contributed by atoms with van der Waals surface area (Å²) in [4.78, 5) is 22.8. The smallest absolute Gasteiger partial charge is 0.417 e. The number of aromatic carboxylic acids is 1. The summed E-state index contributed by atoms with van der Waals surface area (Å²) in [5.41, 5.74) is -0.132. The highest BCUT2D eigenvalue weighted by Crippen LogP contribution is 2.23. The fourth-order valence-corrected chi connectivity index (χ4v) is 1.83. The van der Waals surface area contributed by atoms with Gasteiger partial charge in [-0.05, 0) is 37.3 Å². The van der Waals surface area contributed by atoms with Crippen LogP contribution >= 0.6 is 0 Å². The largest absolute Gasteiger partial charge is 0.507 e. The van der Waals surface area contributed by atoms with Crippen molar-refractivity contribution in [3.05, 3.63) is 48.0 Å². The number of carbonyl (C=O) groups excluding carboxylic acids is 1. The van der Waals surface area contributed by atoms with E-state index in [-0.39, 0.29) is 22.7 Å². The summed E-state index contributed by atoms with van der Waals surface area (Å²) in [5, 5.41) is 20.7. The maximum absolute atomic E-state index is 11.8. The zero-order chi connectivity index (χ0) is 16.8. The van der Waals surface area contributed by atoms with Crippen LogP contribution < -0.4 is 14.8 Å². The molecular formula is C16H15NO6. The fourth-order valence-electron chi connectivity index (χ4n) is 1.83. The molecule has 0 saturated carbocycles. The zero-order valence-electron chi connectivity index (χ0n) is 12.3. The van der Waals surface area contributed by atoms with Crippen LogP contribution in [-0.4, -0.2) is 28.9 Å². The summed E-state index contributed by atoms with van der Waals surface area (Å²) in [6.07, 6.45) is -0.791. The normalized spacial score (nSPS) is 9.96. The minimum Gasteiger partial charge on any atom is -0.507 e. The Balaban J connectivity index is 2.06. The van der Waals surface area contributed by atoms with Crippen molar-refractivity contribution in [2.45, 2.75) is 6.92 Å². The van der Waals surface area contributed by atoms with Crippen LogP contribution in [0.15, 0.2) is 42.5 Å². The molecule has 7 nitrogen and oxygen atoms in total. The molecule has 2 aromatic carbocycles. The number of carboxylic acid groups (broad SMARTS) is 1. The molecule has 0 aliphatic heterocycles. The van der Waals surface area contributed by atoms with Gasteiger partial charge in [0, 0.05) is 11.8 Å². The molecule has 0 atom stereocenters. The number of phenols is 1. The second-order valence-electron chi connectivity index (χ2n) is 4.46. The van der Waals surface area contributed by atoms with Crippen molar-refractivity contribution in [2.75, 3.05) is 11.9 Å². The Morgan fingerprint density at radius 1 is 1.13 bits per heavy atom. The van der Waals surface area contributed by atoms with Gasteiger partial charge in [0.05, 0.1) is 6.61 Å². The van der Waals surface area contributed by atoms with E-state index < -0.39 is 12.1 Å². The van der Waals surface area contributed by atoms with E-state index in [0.717, 1.165) is 6.07 Å². The van der Waals surface area contributed by atoms with Crippen molar-refractivity contribution in [1.82, 2.24) is 0 Å². The van der Waals surface area contributed by atoms with E-state index in [9.17, 15) is 14.7 Å². The molecule has 120 valence electrons. The molecule has 2 rings (SSSR count). The Labute approximate surface area is 132 Å². The van der Waals surface area contributed by atoms with Crippen LogP contribution in [0.25, 0.3) is 0 Å². The average Bonchev–Trinajstić information content (AvgIpc) is 2.49. The molecule has 0 saturated heterocycles. The van der Waals surface area contributed by atoms with Crippen molar-refractivity contribution < 1.29 is 29.3 Å². The monoisotopic (exact) mass is 317 g/mol. The molecule has 0 fully saturated rings. The van der Waals surface area contributed by atoms with E-state index in [1.807, 2.05) is 6.92 Å². The Morgan fingerprint density at radius 2 is 1.87 bits per heavy atom. The van der Waals surface area contributed by atoms with Crippen LogP contribution in [0.4, 0.5) is 10.5 Å². The average molecular weight is 317 g/mol. The highest BCUT2D eigenvalue weighted by atomic mass is 16.6. The number of hydrogen-bond donors (Lipinski definition) is 3. The molecule has 3 N–H and O–H groups in total. The molecule has 0 heterocycles. The molecule has 0 aromatic heterocycles. The minimum atomic E-state index is -1.30. The predicted octanol–water partition coefficient (Wildman–Crippen LogP) is 3.10. The summed E-state index contributed by atoms with van der Waals surface area (Å²) in [6, 6.07) is 10.2. The quantitative estimate of drug-likeness (QED) is 0.732. The van der Waals surface area contributed by atoms with Crippen molar-refractivity contribution in [3.63, 3.8) is 0 Å². The highest BCUT2D eigenvalue weighted by Gasteiger charge is 2.12. The van der Waals surface area contributed by atoms with E-state index in [1.54, 1.807) is 24.3 Å². The predicted molar refractivity (Wildman–Crippen MR) is 82.3 cm³/mol. The van der Waals surface area contributed by atoms with E-state index in [4.69, 9.17) is 14.6 Å². The number of benzene rings is 2. The molecule has 0 radical (unpaired) electrons. The first-order chi connectivity index (χ1) is 11.0.